The standard InChI is InChI=1S/C13H19N3O/c1-15(2)13(17)12-11-5-4-10(14)8-9(11)6-7-16(12)3/h4-5,8,12H,6-7,14H2,1-3H3. The lowest BCUT2D eigenvalue weighted by atomic mass is 9.92. The quantitative estimate of drug-likeness (QED) is 0.733. The van der Waals surface area contributed by atoms with Gasteiger partial charge in [0.25, 0.3) is 0 Å². The first-order chi connectivity index (χ1) is 8.00. The number of likely N-dealkylation sites (N-methyl/N-ethyl adjacent to an activating group) is 2. The molecule has 1 amide bonds. The fourth-order valence-electron chi connectivity index (χ4n) is 2.34. The Morgan fingerprint density at radius 3 is 2.82 bits per heavy atom. The van der Waals surface area contributed by atoms with Crippen molar-refractivity contribution in [3.8, 4) is 0 Å². The maximum atomic E-state index is 12.2. The molecule has 0 saturated heterocycles. The summed E-state index contributed by atoms with van der Waals surface area (Å²) in [5, 5.41) is 0. The molecule has 1 unspecified atom stereocenters. The van der Waals surface area contributed by atoms with Crippen LogP contribution in [0.3, 0.4) is 0 Å². The first-order valence-electron chi connectivity index (χ1n) is 5.80. The van der Waals surface area contributed by atoms with Gasteiger partial charge in [-0.1, -0.05) is 6.07 Å². The van der Waals surface area contributed by atoms with Crippen molar-refractivity contribution in [1.29, 1.82) is 0 Å². The molecule has 1 aliphatic heterocycles. The van der Waals surface area contributed by atoms with Crippen LogP contribution in [0.2, 0.25) is 0 Å². The van der Waals surface area contributed by atoms with E-state index in [0.29, 0.717) is 0 Å². The van der Waals surface area contributed by atoms with Gasteiger partial charge in [0.05, 0.1) is 0 Å². The van der Waals surface area contributed by atoms with Crippen molar-refractivity contribution in [2.24, 2.45) is 0 Å². The number of hydrogen-bond donors (Lipinski definition) is 1. The molecule has 17 heavy (non-hydrogen) atoms. The van der Waals surface area contributed by atoms with Crippen molar-refractivity contribution in [1.82, 2.24) is 9.80 Å². The minimum absolute atomic E-state index is 0.123. The van der Waals surface area contributed by atoms with E-state index in [2.05, 4.69) is 4.90 Å². The van der Waals surface area contributed by atoms with E-state index in [9.17, 15) is 4.79 Å². The normalized spacial score (nSPS) is 19.8. The highest BCUT2D eigenvalue weighted by molar-refractivity contribution is 5.83. The topological polar surface area (TPSA) is 49.6 Å². The predicted octanol–water partition coefficient (Wildman–Crippen LogP) is 0.886. The summed E-state index contributed by atoms with van der Waals surface area (Å²) in [7, 11) is 5.58. The first kappa shape index (κ1) is 11.9. The smallest absolute Gasteiger partial charge is 0.244 e. The van der Waals surface area contributed by atoms with Gasteiger partial charge in [-0.3, -0.25) is 9.69 Å². The van der Waals surface area contributed by atoms with Crippen LogP contribution in [0.4, 0.5) is 5.69 Å². The molecule has 0 saturated carbocycles. The molecule has 4 heteroatoms. The molecule has 0 spiro atoms. The Hall–Kier alpha value is -1.55. The van der Waals surface area contributed by atoms with Crippen molar-refractivity contribution in [2.75, 3.05) is 33.4 Å². The Morgan fingerprint density at radius 2 is 2.18 bits per heavy atom. The SMILES string of the molecule is CN(C)C(=O)C1c2ccc(N)cc2CCN1C. The molecule has 1 atom stereocenters. The number of nitrogens with two attached hydrogens (primary N) is 1. The van der Waals surface area contributed by atoms with Crippen LogP contribution in [0, 0.1) is 0 Å². The third-order valence-electron chi connectivity index (χ3n) is 3.31. The fourth-order valence-corrected chi connectivity index (χ4v) is 2.34. The van der Waals surface area contributed by atoms with Crippen LogP contribution in [-0.2, 0) is 11.2 Å². The van der Waals surface area contributed by atoms with Gasteiger partial charge in [0.1, 0.15) is 6.04 Å². The predicted molar refractivity (Wildman–Crippen MR) is 68.6 cm³/mol. The van der Waals surface area contributed by atoms with E-state index in [1.54, 1.807) is 19.0 Å². The van der Waals surface area contributed by atoms with Crippen molar-refractivity contribution in [3.05, 3.63) is 29.3 Å². The van der Waals surface area contributed by atoms with Crippen LogP contribution >= 0.6 is 0 Å². The van der Waals surface area contributed by atoms with Gasteiger partial charge in [0.2, 0.25) is 5.91 Å². The van der Waals surface area contributed by atoms with Gasteiger partial charge in [-0.15, -0.1) is 0 Å². The zero-order valence-corrected chi connectivity index (χ0v) is 10.6. The number of anilines is 1. The van der Waals surface area contributed by atoms with E-state index < -0.39 is 0 Å². The van der Waals surface area contributed by atoms with Gasteiger partial charge in [-0.2, -0.15) is 0 Å². The van der Waals surface area contributed by atoms with Gasteiger partial charge in [0.15, 0.2) is 0 Å². The molecule has 1 aromatic carbocycles. The van der Waals surface area contributed by atoms with Crippen LogP contribution in [-0.4, -0.2) is 43.4 Å². The molecular formula is C13H19N3O. The van der Waals surface area contributed by atoms with Gasteiger partial charge in [-0.05, 0) is 36.7 Å². The summed E-state index contributed by atoms with van der Waals surface area (Å²) in [5.41, 5.74) is 8.84. The van der Waals surface area contributed by atoms with Crippen molar-refractivity contribution in [3.63, 3.8) is 0 Å². The van der Waals surface area contributed by atoms with E-state index in [-0.39, 0.29) is 11.9 Å². The fraction of sp³-hybridized carbons (Fsp3) is 0.462. The van der Waals surface area contributed by atoms with Gasteiger partial charge in [-0.25, -0.2) is 0 Å². The van der Waals surface area contributed by atoms with Crippen molar-refractivity contribution in [2.45, 2.75) is 12.5 Å². The summed E-state index contributed by atoms with van der Waals surface area (Å²) in [5.74, 6) is 0.123. The highest BCUT2D eigenvalue weighted by Crippen LogP contribution is 2.30. The minimum Gasteiger partial charge on any atom is -0.399 e. The van der Waals surface area contributed by atoms with Gasteiger partial charge in [0, 0.05) is 26.3 Å². The monoisotopic (exact) mass is 233 g/mol. The zero-order chi connectivity index (χ0) is 12.6. The number of carbonyl (C=O) groups is 1. The average Bonchev–Trinajstić information content (AvgIpc) is 2.28. The molecule has 0 bridgehead atoms. The number of nitrogens with zero attached hydrogens (tertiary/aromatic N) is 2. The number of rotatable bonds is 1. The van der Waals surface area contributed by atoms with Crippen LogP contribution in [0.1, 0.15) is 17.2 Å². The van der Waals surface area contributed by atoms with E-state index in [0.717, 1.165) is 24.2 Å². The summed E-state index contributed by atoms with van der Waals surface area (Å²) in [6, 6.07) is 5.66. The summed E-state index contributed by atoms with van der Waals surface area (Å²) in [6.07, 6.45) is 0.952. The number of amides is 1. The molecule has 1 heterocycles. The molecule has 0 radical (unpaired) electrons. The van der Waals surface area contributed by atoms with E-state index in [1.807, 2.05) is 25.2 Å². The minimum atomic E-state index is -0.172. The van der Waals surface area contributed by atoms with Crippen LogP contribution in [0.25, 0.3) is 0 Å². The highest BCUT2D eigenvalue weighted by Gasteiger charge is 2.31. The maximum Gasteiger partial charge on any atom is 0.244 e. The molecule has 1 aliphatic rings. The Morgan fingerprint density at radius 1 is 1.47 bits per heavy atom. The molecule has 2 rings (SSSR count). The number of fused-ring (bicyclic) bond motifs is 1. The van der Waals surface area contributed by atoms with E-state index >= 15 is 0 Å². The summed E-state index contributed by atoms with van der Waals surface area (Å²) >= 11 is 0. The Balaban J connectivity index is 2.43. The molecule has 4 nitrogen and oxygen atoms in total. The highest BCUT2D eigenvalue weighted by atomic mass is 16.2. The first-order valence-corrected chi connectivity index (χ1v) is 5.80. The lowest BCUT2D eigenvalue weighted by Crippen LogP contribution is -2.42. The Labute approximate surface area is 102 Å². The zero-order valence-electron chi connectivity index (χ0n) is 10.6. The lowest BCUT2D eigenvalue weighted by Gasteiger charge is -2.35. The molecular weight excluding hydrogens is 214 g/mol. The third-order valence-corrected chi connectivity index (χ3v) is 3.31. The van der Waals surface area contributed by atoms with Crippen LogP contribution in [0.5, 0.6) is 0 Å². The molecule has 92 valence electrons. The molecule has 1 aromatic rings. The number of nitrogen functional groups attached to an aromatic ring is 1. The molecule has 0 aliphatic carbocycles. The second-order valence-corrected chi connectivity index (χ2v) is 4.82. The number of carbonyl (C=O) groups excluding carboxylic acids is 1. The Kier molecular flexibility index (Phi) is 3.07. The maximum absolute atomic E-state index is 12.2. The average molecular weight is 233 g/mol. The largest absolute Gasteiger partial charge is 0.399 e. The van der Waals surface area contributed by atoms with Crippen LogP contribution in [0.15, 0.2) is 18.2 Å². The summed E-state index contributed by atoms with van der Waals surface area (Å²) in [6.45, 7) is 0.890. The molecule has 2 N–H and O–H groups in total. The summed E-state index contributed by atoms with van der Waals surface area (Å²) < 4.78 is 0. The Bertz CT molecular complexity index is 442. The van der Waals surface area contributed by atoms with Gasteiger partial charge >= 0.3 is 0 Å². The van der Waals surface area contributed by atoms with Crippen molar-refractivity contribution < 1.29 is 4.79 Å². The molecule has 0 aromatic heterocycles. The molecule has 0 fully saturated rings. The lowest BCUT2D eigenvalue weighted by molar-refractivity contribution is -0.134. The number of benzene rings is 1. The summed E-state index contributed by atoms with van der Waals surface area (Å²) in [4.78, 5) is 16.0. The van der Waals surface area contributed by atoms with E-state index in [4.69, 9.17) is 5.73 Å². The third kappa shape index (κ3) is 2.13. The second kappa shape index (κ2) is 4.37. The second-order valence-electron chi connectivity index (χ2n) is 4.82. The van der Waals surface area contributed by atoms with E-state index in [1.165, 1.54) is 5.56 Å². The van der Waals surface area contributed by atoms with Crippen LogP contribution < -0.4 is 5.73 Å². The number of hydrogen-bond acceptors (Lipinski definition) is 3. The van der Waals surface area contributed by atoms with Crippen molar-refractivity contribution >= 4 is 11.6 Å². The van der Waals surface area contributed by atoms with Gasteiger partial charge < -0.3 is 10.6 Å².